The molecule has 1 saturated heterocycles. The molecule has 2 aromatic rings. The molecule has 7 heteroatoms. The van der Waals surface area contributed by atoms with E-state index in [0.717, 1.165) is 23.9 Å². The highest BCUT2D eigenvalue weighted by molar-refractivity contribution is 6.33. The number of likely N-dealkylation sites (tertiary alicyclic amines) is 1. The van der Waals surface area contributed by atoms with Crippen molar-refractivity contribution >= 4 is 28.7 Å². The minimum absolute atomic E-state index is 0.105. The van der Waals surface area contributed by atoms with Gasteiger partial charge in [-0.1, -0.05) is 11.6 Å². The summed E-state index contributed by atoms with van der Waals surface area (Å²) in [6.45, 7) is 1.08. The summed E-state index contributed by atoms with van der Waals surface area (Å²) in [5.41, 5.74) is 0.761. The summed E-state index contributed by atoms with van der Waals surface area (Å²) >= 11 is 6.02. The van der Waals surface area contributed by atoms with E-state index < -0.39 is 6.09 Å². The molecule has 2 aromatic heterocycles. The Morgan fingerprint density at radius 1 is 1.47 bits per heavy atom. The van der Waals surface area contributed by atoms with Gasteiger partial charge in [-0.15, -0.1) is 0 Å². The van der Waals surface area contributed by atoms with Gasteiger partial charge >= 0.3 is 6.09 Å². The minimum atomic E-state index is -0.867. The third-order valence-electron chi connectivity index (χ3n) is 3.52. The number of piperidine rings is 1. The van der Waals surface area contributed by atoms with Gasteiger partial charge in [-0.3, -0.25) is 0 Å². The molecule has 1 amide bonds. The summed E-state index contributed by atoms with van der Waals surface area (Å²) in [6, 6.07) is 1.98. The topological polar surface area (TPSA) is 71.2 Å². The van der Waals surface area contributed by atoms with Crippen LogP contribution in [0.25, 0.3) is 11.0 Å². The molecular weight excluding hydrogens is 268 g/mol. The van der Waals surface area contributed by atoms with E-state index >= 15 is 0 Å². The highest BCUT2D eigenvalue weighted by Crippen LogP contribution is 2.28. The van der Waals surface area contributed by atoms with Crippen LogP contribution in [0.3, 0.4) is 0 Å². The average molecular weight is 281 g/mol. The molecule has 1 N–H and O–H groups in total. The lowest BCUT2D eigenvalue weighted by Gasteiger charge is -2.31. The first-order valence-corrected chi connectivity index (χ1v) is 6.49. The number of hydrogen-bond donors (Lipinski definition) is 1. The largest absolute Gasteiger partial charge is 0.465 e. The summed E-state index contributed by atoms with van der Waals surface area (Å²) in [6.07, 6.45) is 4.26. The van der Waals surface area contributed by atoms with Crippen LogP contribution in [-0.2, 0) is 0 Å². The Morgan fingerprint density at radius 3 is 3.11 bits per heavy atom. The van der Waals surface area contributed by atoms with Gasteiger partial charge in [0.2, 0.25) is 0 Å². The number of hydrogen-bond acceptors (Lipinski definition) is 3. The molecular formula is C12H13ClN4O2. The quantitative estimate of drug-likeness (QED) is 0.814. The zero-order valence-electron chi connectivity index (χ0n) is 10.2. The van der Waals surface area contributed by atoms with Gasteiger partial charge in [0, 0.05) is 19.3 Å². The third kappa shape index (κ3) is 2.12. The number of nitrogens with zero attached hydrogens (tertiary/aromatic N) is 4. The lowest BCUT2D eigenvalue weighted by Crippen LogP contribution is -2.39. The monoisotopic (exact) mass is 280 g/mol. The van der Waals surface area contributed by atoms with Crippen LogP contribution in [0.5, 0.6) is 0 Å². The Hall–Kier alpha value is -1.82. The Balaban J connectivity index is 1.96. The molecule has 1 fully saturated rings. The van der Waals surface area contributed by atoms with Crippen molar-refractivity contribution in [1.82, 2.24) is 19.4 Å². The lowest BCUT2D eigenvalue weighted by atomic mass is 10.1. The van der Waals surface area contributed by atoms with Gasteiger partial charge in [0.1, 0.15) is 17.1 Å². The second-order valence-electron chi connectivity index (χ2n) is 4.65. The molecule has 1 unspecified atom stereocenters. The van der Waals surface area contributed by atoms with Crippen molar-refractivity contribution in [3.05, 3.63) is 23.7 Å². The molecule has 19 heavy (non-hydrogen) atoms. The van der Waals surface area contributed by atoms with Gasteiger partial charge in [0.05, 0.1) is 11.4 Å². The summed E-state index contributed by atoms with van der Waals surface area (Å²) in [5, 5.41) is 10.3. The minimum Gasteiger partial charge on any atom is -0.465 e. The van der Waals surface area contributed by atoms with Gasteiger partial charge in [0.25, 0.3) is 0 Å². The van der Waals surface area contributed by atoms with E-state index in [-0.39, 0.29) is 6.04 Å². The second-order valence-corrected chi connectivity index (χ2v) is 5.01. The predicted octanol–water partition coefficient (Wildman–Crippen LogP) is 2.40. The molecule has 1 aliphatic heterocycles. The maximum absolute atomic E-state index is 11.1. The van der Waals surface area contributed by atoms with E-state index in [0.29, 0.717) is 18.2 Å². The smallest absolute Gasteiger partial charge is 0.407 e. The number of amides is 1. The molecule has 0 bridgehead atoms. The van der Waals surface area contributed by atoms with Crippen molar-refractivity contribution in [1.29, 1.82) is 0 Å². The van der Waals surface area contributed by atoms with Gasteiger partial charge in [-0.05, 0) is 18.9 Å². The van der Waals surface area contributed by atoms with E-state index in [2.05, 4.69) is 9.97 Å². The molecule has 0 saturated carbocycles. The fourth-order valence-corrected chi connectivity index (χ4v) is 2.78. The number of fused-ring (bicyclic) bond motifs is 1. The number of halogens is 1. The van der Waals surface area contributed by atoms with Gasteiger partial charge < -0.3 is 14.6 Å². The maximum atomic E-state index is 11.1. The van der Waals surface area contributed by atoms with Crippen LogP contribution < -0.4 is 0 Å². The van der Waals surface area contributed by atoms with Gasteiger partial charge in [-0.2, -0.15) is 0 Å². The van der Waals surface area contributed by atoms with Gasteiger partial charge in [-0.25, -0.2) is 14.8 Å². The molecule has 100 valence electrons. The van der Waals surface area contributed by atoms with E-state index in [1.54, 1.807) is 0 Å². The number of aromatic nitrogens is 3. The Bertz CT molecular complexity index is 627. The van der Waals surface area contributed by atoms with Crippen molar-refractivity contribution in [2.24, 2.45) is 0 Å². The standard InChI is InChI=1S/C12H13ClN4O2/c13-10-9-3-5-17(11(9)15-7-14-10)8-2-1-4-16(6-8)12(18)19/h3,5,7-8H,1-2,4,6H2,(H,18,19). The average Bonchev–Trinajstić information content (AvgIpc) is 2.84. The fourth-order valence-electron chi connectivity index (χ4n) is 2.59. The third-order valence-corrected chi connectivity index (χ3v) is 3.82. The Kier molecular flexibility index (Phi) is 3.02. The predicted molar refractivity (Wildman–Crippen MR) is 70.4 cm³/mol. The van der Waals surface area contributed by atoms with Crippen molar-refractivity contribution < 1.29 is 9.90 Å². The Morgan fingerprint density at radius 2 is 2.32 bits per heavy atom. The van der Waals surface area contributed by atoms with E-state index in [1.165, 1.54) is 11.2 Å². The number of carboxylic acid groups (broad SMARTS) is 1. The van der Waals surface area contributed by atoms with Crippen LogP contribution in [0.1, 0.15) is 18.9 Å². The molecule has 0 aliphatic carbocycles. The zero-order valence-corrected chi connectivity index (χ0v) is 10.9. The lowest BCUT2D eigenvalue weighted by molar-refractivity contribution is 0.122. The fraction of sp³-hybridized carbons (Fsp3) is 0.417. The van der Waals surface area contributed by atoms with Crippen LogP contribution >= 0.6 is 11.6 Å². The second kappa shape index (κ2) is 4.70. The van der Waals surface area contributed by atoms with Crippen LogP contribution in [0, 0.1) is 0 Å². The molecule has 1 aliphatic rings. The van der Waals surface area contributed by atoms with E-state index in [4.69, 9.17) is 16.7 Å². The maximum Gasteiger partial charge on any atom is 0.407 e. The molecule has 0 spiro atoms. The number of carbonyl (C=O) groups is 1. The molecule has 1 atom stereocenters. The Labute approximate surface area is 114 Å². The van der Waals surface area contributed by atoms with E-state index in [9.17, 15) is 4.79 Å². The van der Waals surface area contributed by atoms with Crippen LogP contribution in [0.2, 0.25) is 5.15 Å². The first-order chi connectivity index (χ1) is 9.16. The summed E-state index contributed by atoms with van der Waals surface area (Å²) in [7, 11) is 0. The van der Waals surface area contributed by atoms with Crippen molar-refractivity contribution in [3.63, 3.8) is 0 Å². The zero-order chi connectivity index (χ0) is 13.4. The molecule has 3 rings (SSSR count). The van der Waals surface area contributed by atoms with Crippen LogP contribution in [-0.4, -0.2) is 43.7 Å². The summed E-state index contributed by atoms with van der Waals surface area (Å²) < 4.78 is 2.00. The van der Waals surface area contributed by atoms with Crippen molar-refractivity contribution in [3.8, 4) is 0 Å². The van der Waals surface area contributed by atoms with Crippen LogP contribution in [0.15, 0.2) is 18.6 Å². The van der Waals surface area contributed by atoms with E-state index in [1.807, 2.05) is 16.8 Å². The molecule has 0 radical (unpaired) electrons. The first kappa shape index (κ1) is 12.2. The van der Waals surface area contributed by atoms with Crippen molar-refractivity contribution in [2.45, 2.75) is 18.9 Å². The number of rotatable bonds is 1. The van der Waals surface area contributed by atoms with Crippen LogP contribution in [0.4, 0.5) is 4.79 Å². The molecule has 0 aromatic carbocycles. The van der Waals surface area contributed by atoms with Crippen molar-refractivity contribution in [2.75, 3.05) is 13.1 Å². The van der Waals surface area contributed by atoms with Gasteiger partial charge in [0.15, 0.2) is 0 Å². The molecule has 3 heterocycles. The normalized spacial score (nSPS) is 19.8. The summed E-state index contributed by atoms with van der Waals surface area (Å²) in [5.74, 6) is 0. The summed E-state index contributed by atoms with van der Waals surface area (Å²) in [4.78, 5) is 20.7. The molecule has 6 nitrogen and oxygen atoms in total. The highest BCUT2D eigenvalue weighted by atomic mass is 35.5. The SMILES string of the molecule is O=C(O)N1CCCC(n2ccc3c(Cl)ncnc32)C1. The first-order valence-electron chi connectivity index (χ1n) is 6.11. The highest BCUT2D eigenvalue weighted by Gasteiger charge is 2.25.